The molecular formula is C17H17F3N6O3. The first kappa shape index (κ1) is 19.0. The number of fused-ring (bicyclic) bond motifs is 4. The van der Waals surface area contributed by atoms with Gasteiger partial charge in [-0.25, -0.2) is 9.78 Å². The van der Waals surface area contributed by atoms with Gasteiger partial charge in [-0.15, -0.1) is 0 Å². The molecule has 154 valence electrons. The summed E-state index contributed by atoms with van der Waals surface area (Å²) in [4.78, 5) is 32.8. The molecule has 0 saturated carbocycles. The van der Waals surface area contributed by atoms with Gasteiger partial charge >= 0.3 is 12.2 Å². The van der Waals surface area contributed by atoms with Crippen LogP contribution in [0.3, 0.4) is 0 Å². The average molecular weight is 410 g/mol. The second-order valence-electron chi connectivity index (χ2n) is 6.85. The molecule has 0 spiro atoms. The average Bonchev–Trinajstić information content (AvgIpc) is 3.31. The van der Waals surface area contributed by atoms with Gasteiger partial charge in [-0.3, -0.25) is 15.0 Å². The van der Waals surface area contributed by atoms with Crippen LogP contribution in [0.1, 0.15) is 23.8 Å². The molecule has 9 nitrogen and oxygen atoms in total. The number of alkyl halides is 3. The number of urea groups is 1. The molecule has 12 heteroatoms. The van der Waals surface area contributed by atoms with Crippen LogP contribution in [0.5, 0.6) is 0 Å². The minimum Gasteiger partial charge on any atom is -0.366 e. The predicted octanol–water partition coefficient (Wildman–Crippen LogP) is 2.38. The standard InChI is InChI=1S/C17H17F3N6O3/c1-9(17(18,19)20)21-15(27)11-2-3-12-14(22-11)26(10-4-6-25(12)8-10)16(28)23-13-5-7-29-24-13/h2-3,5,7,9-10H,4,6,8H2,1H3,(H,21,27)(H,23,24,28)/t9-,10+/m1/s1. The summed E-state index contributed by atoms with van der Waals surface area (Å²) in [6.07, 6.45) is -2.58. The van der Waals surface area contributed by atoms with Crippen molar-refractivity contribution in [3.8, 4) is 0 Å². The lowest BCUT2D eigenvalue weighted by molar-refractivity contribution is -0.149. The van der Waals surface area contributed by atoms with Crippen molar-refractivity contribution >= 4 is 29.3 Å². The number of halogens is 3. The Kier molecular flexibility index (Phi) is 4.55. The lowest BCUT2D eigenvalue weighted by Crippen LogP contribution is -2.49. The zero-order valence-electron chi connectivity index (χ0n) is 15.2. The van der Waals surface area contributed by atoms with Gasteiger partial charge in [0.1, 0.15) is 18.0 Å². The van der Waals surface area contributed by atoms with Crippen molar-refractivity contribution in [2.45, 2.75) is 31.6 Å². The Morgan fingerprint density at radius 1 is 1.31 bits per heavy atom. The van der Waals surface area contributed by atoms with E-state index < -0.39 is 24.2 Å². The van der Waals surface area contributed by atoms with Crippen molar-refractivity contribution in [1.82, 2.24) is 15.5 Å². The number of nitrogens with zero attached hydrogens (tertiary/aromatic N) is 4. The van der Waals surface area contributed by atoms with Gasteiger partial charge in [0, 0.05) is 19.2 Å². The largest absolute Gasteiger partial charge is 0.408 e. The summed E-state index contributed by atoms with van der Waals surface area (Å²) in [5, 5.41) is 8.10. The molecule has 1 saturated heterocycles. The van der Waals surface area contributed by atoms with E-state index in [9.17, 15) is 22.8 Å². The lowest BCUT2D eigenvalue weighted by atomic mass is 10.1. The number of nitrogens with one attached hydrogen (secondary N) is 2. The Morgan fingerprint density at radius 3 is 2.79 bits per heavy atom. The van der Waals surface area contributed by atoms with Crippen LogP contribution in [0.4, 0.5) is 35.3 Å². The molecule has 1 fully saturated rings. The van der Waals surface area contributed by atoms with Gasteiger partial charge in [0.15, 0.2) is 11.6 Å². The van der Waals surface area contributed by atoms with Crippen LogP contribution in [-0.2, 0) is 0 Å². The summed E-state index contributed by atoms with van der Waals surface area (Å²) in [5.74, 6) is -0.542. The molecule has 0 unspecified atom stereocenters. The molecule has 0 aliphatic carbocycles. The Hall–Kier alpha value is -3.31. The molecule has 29 heavy (non-hydrogen) atoms. The first-order chi connectivity index (χ1) is 13.7. The van der Waals surface area contributed by atoms with Crippen LogP contribution in [0.15, 0.2) is 29.0 Å². The highest BCUT2D eigenvalue weighted by Gasteiger charge is 2.41. The topological polar surface area (TPSA) is 104 Å². The maximum absolute atomic E-state index is 12.8. The number of hydrogen-bond acceptors (Lipinski definition) is 6. The first-order valence-electron chi connectivity index (χ1n) is 8.88. The maximum Gasteiger partial charge on any atom is 0.408 e. The SMILES string of the molecule is C[C@@H](NC(=O)c1ccc2c(n1)N(C(=O)Nc1ccon1)[C@H]1CCN2C1)C(F)(F)F. The summed E-state index contributed by atoms with van der Waals surface area (Å²) in [7, 11) is 0. The molecule has 2 bridgehead atoms. The van der Waals surface area contributed by atoms with Crippen molar-refractivity contribution in [2.24, 2.45) is 0 Å². The summed E-state index contributed by atoms with van der Waals surface area (Å²) in [5.41, 5.74) is 0.427. The number of pyridine rings is 1. The zero-order chi connectivity index (χ0) is 20.8. The third-order valence-corrected chi connectivity index (χ3v) is 4.91. The highest BCUT2D eigenvalue weighted by molar-refractivity contribution is 6.04. The molecule has 4 rings (SSSR count). The van der Waals surface area contributed by atoms with E-state index in [4.69, 9.17) is 4.52 Å². The van der Waals surface area contributed by atoms with E-state index in [0.29, 0.717) is 25.2 Å². The molecule has 2 aliphatic rings. The highest BCUT2D eigenvalue weighted by Crippen LogP contribution is 2.39. The van der Waals surface area contributed by atoms with E-state index in [0.717, 1.165) is 6.92 Å². The van der Waals surface area contributed by atoms with E-state index in [1.54, 1.807) is 6.07 Å². The molecule has 0 radical (unpaired) electrons. The Morgan fingerprint density at radius 2 is 2.10 bits per heavy atom. The summed E-state index contributed by atoms with van der Waals surface area (Å²) < 4.78 is 42.9. The van der Waals surface area contributed by atoms with Crippen LogP contribution < -0.4 is 20.4 Å². The van der Waals surface area contributed by atoms with E-state index in [1.165, 1.54) is 23.3 Å². The maximum atomic E-state index is 12.8. The normalized spacial score (nSPS) is 19.0. The third kappa shape index (κ3) is 3.57. The fraction of sp³-hybridized carbons (Fsp3) is 0.412. The predicted molar refractivity (Wildman–Crippen MR) is 95.8 cm³/mol. The second-order valence-corrected chi connectivity index (χ2v) is 6.85. The van der Waals surface area contributed by atoms with E-state index in [-0.39, 0.29) is 23.4 Å². The Bertz CT molecular complexity index is 933. The lowest BCUT2D eigenvalue weighted by Gasteiger charge is -2.35. The number of aromatic nitrogens is 2. The number of carbonyl (C=O) groups is 2. The van der Waals surface area contributed by atoms with Gasteiger partial charge in [0.25, 0.3) is 5.91 Å². The van der Waals surface area contributed by atoms with Gasteiger partial charge in [0.05, 0.1) is 11.7 Å². The van der Waals surface area contributed by atoms with Crippen molar-refractivity contribution in [3.05, 3.63) is 30.2 Å². The number of amides is 3. The Balaban J connectivity index is 1.63. The van der Waals surface area contributed by atoms with Gasteiger partial charge < -0.3 is 14.7 Å². The molecule has 2 aliphatic heterocycles. The summed E-state index contributed by atoms with van der Waals surface area (Å²) >= 11 is 0. The molecular weight excluding hydrogens is 393 g/mol. The number of hydrogen-bond donors (Lipinski definition) is 2. The van der Waals surface area contributed by atoms with Gasteiger partial charge in [0.2, 0.25) is 0 Å². The van der Waals surface area contributed by atoms with Crippen LogP contribution >= 0.6 is 0 Å². The third-order valence-electron chi connectivity index (χ3n) is 4.91. The van der Waals surface area contributed by atoms with Gasteiger partial charge in [-0.1, -0.05) is 5.16 Å². The molecule has 3 amide bonds. The van der Waals surface area contributed by atoms with Crippen LogP contribution in [-0.4, -0.2) is 53.4 Å². The molecule has 2 atom stereocenters. The van der Waals surface area contributed by atoms with Crippen LogP contribution in [0.25, 0.3) is 0 Å². The molecule has 4 heterocycles. The van der Waals surface area contributed by atoms with E-state index >= 15 is 0 Å². The minimum atomic E-state index is -4.57. The number of anilines is 3. The van der Waals surface area contributed by atoms with E-state index in [1.807, 2.05) is 10.2 Å². The fourth-order valence-electron chi connectivity index (χ4n) is 3.40. The highest BCUT2D eigenvalue weighted by atomic mass is 19.4. The monoisotopic (exact) mass is 410 g/mol. The van der Waals surface area contributed by atoms with Crippen molar-refractivity contribution in [1.29, 1.82) is 0 Å². The molecule has 2 aromatic rings. The van der Waals surface area contributed by atoms with Gasteiger partial charge in [-0.2, -0.15) is 13.2 Å². The smallest absolute Gasteiger partial charge is 0.366 e. The second kappa shape index (κ2) is 6.94. The quantitative estimate of drug-likeness (QED) is 0.805. The fourth-order valence-corrected chi connectivity index (χ4v) is 3.40. The Labute approximate surface area is 162 Å². The minimum absolute atomic E-state index is 0.186. The first-order valence-corrected chi connectivity index (χ1v) is 8.88. The summed E-state index contributed by atoms with van der Waals surface area (Å²) in [6, 6.07) is 1.69. The van der Waals surface area contributed by atoms with Crippen molar-refractivity contribution in [3.63, 3.8) is 0 Å². The van der Waals surface area contributed by atoms with Crippen LogP contribution in [0.2, 0.25) is 0 Å². The zero-order valence-corrected chi connectivity index (χ0v) is 15.2. The molecule has 0 aromatic carbocycles. The van der Waals surface area contributed by atoms with Crippen molar-refractivity contribution in [2.75, 3.05) is 28.2 Å². The van der Waals surface area contributed by atoms with Crippen molar-refractivity contribution < 1.29 is 27.3 Å². The molecule has 2 aromatic heterocycles. The summed E-state index contributed by atoms with van der Waals surface area (Å²) in [6.45, 7) is 2.14. The number of rotatable bonds is 3. The number of carbonyl (C=O) groups excluding carboxylic acids is 2. The van der Waals surface area contributed by atoms with Crippen LogP contribution in [0, 0.1) is 0 Å². The van der Waals surface area contributed by atoms with Gasteiger partial charge in [-0.05, 0) is 25.5 Å². The molecule has 2 N–H and O–H groups in total. The van der Waals surface area contributed by atoms with E-state index in [2.05, 4.69) is 15.5 Å².